The molecule has 1 aromatic carbocycles. The van der Waals surface area contributed by atoms with Gasteiger partial charge in [-0.25, -0.2) is 9.37 Å². The number of aromatic nitrogens is 2. The number of hydrogen-bond donors (Lipinski definition) is 1. The molecule has 6 heteroatoms. The molecular weight excluding hydrogens is 279 g/mol. The number of ketones is 1. The number of fused-ring (bicyclic) bond motifs is 1. The molecule has 0 aliphatic carbocycles. The van der Waals surface area contributed by atoms with Crippen molar-refractivity contribution in [2.45, 2.75) is 6.92 Å². The van der Waals surface area contributed by atoms with E-state index in [1.54, 1.807) is 6.07 Å². The lowest BCUT2D eigenvalue weighted by molar-refractivity contribution is 0.103. The second-order valence-electron chi connectivity index (χ2n) is 4.34. The number of carbonyl (C=O) groups is 1. The largest absolute Gasteiger partial charge is 0.507 e. The van der Waals surface area contributed by atoms with Gasteiger partial charge >= 0.3 is 0 Å². The molecule has 2 heterocycles. The number of aryl methyl sites for hydroxylation is 1. The standard InChI is InChI=1S/C14H9FN2O2S/c1-7-10-4-8(6-16-14(10)20-17-7)13(19)11-5-9(15)2-3-12(11)18/h2-6,18H,1H3. The highest BCUT2D eigenvalue weighted by Gasteiger charge is 2.16. The zero-order valence-corrected chi connectivity index (χ0v) is 11.2. The van der Waals surface area contributed by atoms with Crippen LogP contribution in [0.2, 0.25) is 0 Å². The van der Waals surface area contributed by atoms with Crippen molar-refractivity contribution >= 4 is 27.5 Å². The zero-order valence-electron chi connectivity index (χ0n) is 10.4. The Morgan fingerprint density at radius 2 is 2.15 bits per heavy atom. The number of hydrogen-bond acceptors (Lipinski definition) is 5. The third-order valence-electron chi connectivity index (χ3n) is 2.98. The summed E-state index contributed by atoms with van der Waals surface area (Å²) in [6.45, 7) is 1.83. The summed E-state index contributed by atoms with van der Waals surface area (Å²) in [5, 5.41) is 10.5. The molecule has 0 aliphatic rings. The average Bonchev–Trinajstić information content (AvgIpc) is 2.82. The summed E-state index contributed by atoms with van der Waals surface area (Å²) in [6, 6.07) is 4.93. The first kappa shape index (κ1) is 12.7. The first-order valence-corrected chi connectivity index (χ1v) is 6.59. The van der Waals surface area contributed by atoms with Gasteiger partial charge in [-0.2, -0.15) is 4.37 Å². The summed E-state index contributed by atoms with van der Waals surface area (Å²) in [5.41, 5.74) is 1.00. The molecule has 0 bridgehead atoms. The van der Waals surface area contributed by atoms with Crippen LogP contribution in [0.1, 0.15) is 21.6 Å². The van der Waals surface area contributed by atoms with Crippen LogP contribution in [0.5, 0.6) is 5.75 Å². The van der Waals surface area contributed by atoms with Gasteiger partial charge in [-0.3, -0.25) is 4.79 Å². The number of rotatable bonds is 2. The summed E-state index contributed by atoms with van der Waals surface area (Å²) in [5.74, 6) is -1.30. The lowest BCUT2D eigenvalue weighted by atomic mass is 10.0. The lowest BCUT2D eigenvalue weighted by Crippen LogP contribution is -2.03. The summed E-state index contributed by atoms with van der Waals surface area (Å²) in [6.07, 6.45) is 1.41. The van der Waals surface area contributed by atoms with Crippen LogP contribution in [0.25, 0.3) is 10.2 Å². The molecule has 0 aliphatic heterocycles. The topological polar surface area (TPSA) is 63.1 Å². The van der Waals surface area contributed by atoms with Crippen molar-refractivity contribution in [2.75, 3.05) is 0 Å². The van der Waals surface area contributed by atoms with E-state index >= 15 is 0 Å². The van der Waals surface area contributed by atoms with Gasteiger partial charge in [0.15, 0.2) is 5.78 Å². The SMILES string of the molecule is Cc1nsc2ncc(C(=O)c3cc(F)ccc3O)cc12. The van der Waals surface area contributed by atoms with Crippen LogP contribution in [0.15, 0.2) is 30.5 Å². The van der Waals surface area contributed by atoms with E-state index in [0.29, 0.717) is 5.56 Å². The second-order valence-corrected chi connectivity index (χ2v) is 5.09. The van der Waals surface area contributed by atoms with Crippen LogP contribution in [-0.2, 0) is 0 Å². The summed E-state index contributed by atoms with van der Waals surface area (Å²) in [4.78, 5) is 17.2. The van der Waals surface area contributed by atoms with Crippen LogP contribution in [0.4, 0.5) is 4.39 Å². The molecule has 3 rings (SSSR count). The number of carbonyl (C=O) groups excluding carboxylic acids is 1. The van der Waals surface area contributed by atoms with Gasteiger partial charge in [0.1, 0.15) is 16.4 Å². The van der Waals surface area contributed by atoms with E-state index in [1.165, 1.54) is 17.7 Å². The van der Waals surface area contributed by atoms with Crippen molar-refractivity contribution in [1.29, 1.82) is 0 Å². The minimum absolute atomic E-state index is 0.0769. The Morgan fingerprint density at radius 3 is 2.95 bits per heavy atom. The predicted octanol–water partition coefficient (Wildman–Crippen LogP) is 3.08. The van der Waals surface area contributed by atoms with Crippen LogP contribution in [0.3, 0.4) is 0 Å². The molecule has 0 amide bonds. The maximum absolute atomic E-state index is 13.2. The second kappa shape index (κ2) is 4.64. The number of halogens is 1. The van der Waals surface area contributed by atoms with E-state index in [-0.39, 0.29) is 11.3 Å². The smallest absolute Gasteiger partial charge is 0.198 e. The van der Waals surface area contributed by atoms with Gasteiger partial charge in [0.2, 0.25) is 0 Å². The maximum atomic E-state index is 13.2. The molecule has 0 unspecified atom stereocenters. The van der Waals surface area contributed by atoms with Gasteiger partial charge in [-0.15, -0.1) is 0 Å². The van der Waals surface area contributed by atoms with Gasteiger partial charge in [-0.05, 0) is 42.7 Å². The molecular formula is C14H9FN2O2S. The van der Waals surface area contributed by atoms with E-state index in [0.717, 1.165) is 34.1 Å². The number of phenols is 1. The molecule has 20 heavy (non-hydrogen) atoms. The molecule has 2 aromatic heterocycles. The van der Waals surface area contributed by atoms with Crippen molar-refractivity contribution in [2.24, 2.45) is 0 Å². The third kappa shape index (κ3) is 2.04. The molecule has 4 nitrogen and oxygen atoms in total. The first-order chi connectivity index (χ1) is 9.56. The number of benzene rings is 1. The molecule has 1 N–H and O–H groups in total. The summed E-state index contributed by atoms with van der Waals surface area (Å²) < 4.78 is 17.4. The Labute approximate surface area is 117 Å². The average molecular weight is 288 g/mol. The highest BCUT2D eigenvalue weighted by atomic mass is 32.1. The molecule has 3 aromatic rings. The molecule has 0 saturated carbocycles. The van der Waals surface area contributed by atoms with Gasteiger partial charge < -0.3 is 5.11 Å². The van der Waals surface area contributed by atoms with Crippen molar-refractivity contribution < 1.29 is 14.3 Å². The Kier molecular flexibility index (Phi) is 2.94. The van der Waals surface area contributed by atoms with E-state index < -0.39 is 11.6 Å². The number of pyridine rings is 1. The monoisotopic (exact) mass is 288 g/mol. The molecule has 0 saturated heterocycles. The summed E-state index contributed by atoms with van der Waals surface area (Å²) in [7, 11) is 0. The zero-order chi connectivity index (χ0) is 14.3. The number of phenolic OH excluding ortho intramolecular Hbond substituents is 1. The van der Waals surface area contributed by atoms with E-state index in [1.807, 2.05) is 6.92 Å². The fourth-order valence-corrected chi connectivity index (χ4v) is 2.64. The maximum Gasteiger partial charge on any atom is 0.198 e. The molecule has 0 spiro atoms. The highest BCUT2D eigenvalue weighted by Crippen LogP contribution is 2.25. The molecule has 0 atom stereocenters. The van der Waals surface area contributed by atoms with Crippen molar-refractivity contribution in [1.82, 2.24) is 9.36 Å². The van der Waals surface area contributed by atoms with Crippen LogP contribution < -0.4 is 0 Å². The van der Waals surface area contributed by atoms with Crippen LogP contribution in [0, 0.1) is 12.7 Å². The predicted molar refractivity (Wildman–Crippen MR) is 73.6 cm³/mol. The normalized spacial score (nSPS) is 10.9. The highest BCUT2D eigenvalue weighted by molar-refractivity contribution is 7.12. The fraction of sp³-hybridized carbons (Fsp3) is 0.0714. The van der Waals surface area contributed by atoms with E-state index in [4.69, 9.17) is 0 Å². The minimum atomic E-state index is -0.575. The van der Waals surface area contributed by atoms with Gasteiger partial charge in [-0.1, -0.05) is 0 Å². The van der Waals surface area contributed by atoms with Gasteiger partial charge in [0.05, 0.1) is 11.3 Å². The Morgan fingerprint density at radius 1 is 1.35 bits per heavy atom. The summed E-state index contributed by atoms with van der Waals surface area (Å²) >= 11 is 1.25. The first-order valence-electron chi connectivity index (χ1n) is 5.81. The molecule has 0 radical (unpaired) electrons. The Bertz CT molecular complexity index is 829. The molecule has 100 valence electrons. The van der Waals surface area contributed by atoms with Crippen LogP contribution in [-0.4, -0.2) is 20.2 Å². The van der Waals surface area contributed by atoms with Crippen molar-refractivity contribution in [3.63, 3.8) is 0 Å². The third-order valence-corrected chi connectivity index (χ3v) is 3.84. The van der Waals surface area contributed by atoms with Crippen LogP contribution >= 0.6 is 11.5 Å². The quantitative estimate of drug-likeness (QED) is 0.736. The Hall–Kier alpha value is -2.34. The van der Waals surface area contributed by atoms with E-state index in [9.17, 15) is 14.3 Å². The number of nitrogens with zero attached hydrogens (tertiary/aromatic N) is 2. The molecule has 0 fully saturated rings. The number of aromatic hydroxyl groups is 1. The Balaban J connectivity index is 2.12. The van der Waals surface area contributed by atoms with E-state index in [2.05, 4.69) is 9.36 Å². The lowest BCUT2D eigenvalue weighted by Gasteiger charge is -2.04. The van der Waals surface area contributed by atoms with Crippen molar-refractivity contribution in [3.8, 4) is 5.75 Å². The minimum Gasteiger partial charge on any atom is -0.507 e. The van der Waals surface area contributed by atoms with Crippen molar-refractivity contribution in [3.05, 3.63) is 53.1 Å². The fourth-order valence-electron chi connectivity index (χ4n) is 1.91. The van der Waals surface area contributed by atoms with Gasteiger partial charge in [0, 0.05) is 17.1 Å². The van der Waals surface area contributed by atoms with Gasteiger partial charge in [0.25, 0.3) is 0 Å².